The molecule has 0 spiro atoms. The number of nitrogens with two attached hydrogens (primary N) is 1. The van der Waals surface area contributed by atoms with Crippen LogP contribution in [-0.2, 0) is 14.4 Å². The fraction of sp³-hybridized carbons (Fsp3) is 0.400. The molecule has 0 bridgehead atoms. The van der Waals surface area contributed by atoms with Gasteiger partial charge in [0, 0.05) is 12.6 Å². The number of carbonyl (C=O) groups is 3. The summed E-state index contributed by atoms with van der Waals surface area (Å²) < 4.78 is 0. The zero-order valence-electron chi connectivity index (χ0n) is 9.58. The zero-order valence-corrected chi connectivity index (χ0v) is 10.5. The minimum Gasteiger partial charge on any atom is -0.479 e. The Labute approximate surface area is 109 Å². The number of ketones is 1. The monoisotopic (exact) mass is 271 g/mol. The molecule has 18 heavy (non-hydrogen) atoms. The topological polar surface area (TPSA) is 122 Å². The summed E-state index contributed by atoms with van der Waals surface area (Å²) in [5, 5.41) is 11.3. The van der Waals surface area contributed by atoms with Gasteiger partial charge in [-0.1, -0.05) is 6.08 Å². The third-order valence-electron chi connectivity index (χ3n) is 2.25. The molecule has 1 aliphatic rings. The number of nitrogens with zero attached hydrogens (tertiary/aromatic N) is 1. The maximum Gasteiger partial charge on any atom is 0.346 e. The van der Waals surface area contributed by atoms with Crippen molar-refractivity contribution in [3.8, 4) is 0 Å². The highest BCUT2D eigenvalue weighted by atomic mass is 32.1. The van der Waals surface area contributed by atoms with Crippen molar-refractivity contribution in [3.63, 3.8) is 0 Å². The Hall–Kier alpha value is -1.67. The number of amides is 1. The van der Waals surface area contributed by atoms with Crippen molar-refractivity contribution in [1.29, 1.82) is 0 Å². The molecule has 0 saturated carbocycles. The molecule has 0 saturated heterocycles. The van der Waals surface area contributed by atoms with Gasteiger partial charge in [0.15, 0.2) is 5.78 Å². The Morgan fingerprint density at radius 1 is 1.67 bits per heavy atom. The van der Waals surface area contributed by atoms with Crippen molar-refractivity contribution < 1.29 is 19.5 Å². The Kier molecular flexibility index (Phi) is 4.25. The lowest BCUT2D eigenvalue weighted by atomic mass is 10.0. The van der Waals surface area contributed by atoms with Gasteiger partial charge in [-0.05, 0) is 6.92 Å². The number of nitrogens with one attached hydrogen (secondary N) is 1. The second-order valence-electron chi connectivity index (χ2n) is 3.78. The molecule has 1 heterocycles. The summed E-state index contributed by atoms with van der Waals surface area (Å²) in [6.07, 6.45) is 2.79. The van der Waals surface area contributed by atoms with Crippen molar-refractivity contribution in [3.05, 3.63) is 12.3 Å². The fourth-order valence-electron chi connectivity index (χ4n) is 1.26. The SMILES string of the molecule is CC(N)C(=O)NC(S)(C(=O)O)C1=NC=CCC1=O. The highest BCUT2D eigenvalue weighted by molar-refractivity contribution is 7.84. The summed E-state index contributed by atoms with van der Waals surface area (Å²) in [5.41, 5.74) is 4.99. The number of aliphatic carboxylic acids is 1. The van der Waals surface area contributed by atoms with Gasteiger partial charge in [-0.25, -0.2) is 4.79 Å². The van der Waals surface area contributed by atoms with Crippen molar-refractivity contribution >= 4 is 36.0 Å². The molecule has 0 aromatic heterocycles. The second-order valence-corrected chi connectivity index (χ2v) is 4.45. The molecule has 0 aromatic rings. The van der Waals surface area contributed by atoms with Crippen molar-refractivity contribution in [1.82, 2.24) is 5.32 Å². The van der Waals surface area contributed by atoms with Gasteiger partial charge in [0.1, 0.15) is 5.71 Å². The Morgan fingerprint density at radius 2 is 2.28 bits per heavy atom. The van der Waals surface area contributed by atoms with E-state index in [1.54, 1.807) is 0 Å². The van der Waals surface area contributed by atoms with Crippen LogP contribution in [0.1, 0.15) is 13.3 Å². The van der Waals surface area contributed by atoms with Crippen LogP contribution >= 0.6 is 12.6 Å². The van der Waals surface area contributed by atoms with Gasteiger partial charge >= 0.3 is 5.97 Å². The summed E-state index contributed by atoms with van der Waals surface area (Å²) in [5.74, 6) is -2.75. The molecular formula is C10H13N3O4S. The van der Waals surface area contributed by atoms with Crippen molar-refractivity contribution in [2.75, 3.05) is 0 Å². The summed E-state index contributed by atoms with van der Waals surface area (Å²) in [6.45, 7) is 1.38. The van der Waals surface area contributed by atoms with Crippen molar-refractivity contribution in [2.24, 2.45) is 10.7 Å². The molecule has 2 atom stereocenters. The number of hydrogen-bond donors (Lipinski definition) is 4. The quantitative estimate of drug-likeness (QED) is 0.389. The smallest absolute Gasteiger partial charge is 0.346 e. The molecule has 1 amide bonds. The molecule has 98 valence electrons. The number of thiol groups is 1. The highest BCUT2D eigenvalue weighted by Crippen LogP contribution is 2.18. The van der Waals surface area contributed by atoms with E-state index in [2.05, 4.69) is 22.9 Å². The number of aliphatic imine (C=N–C) groups is 1. The van der Waals surface area contributed by atoms with Crippen LogP contribution in [0.5, 0.6) is 0 Å². The molecule has 0 aliphatic carbocycles. The first-order chi connectivity index (χ1) is 8.29. The van der Waals surface area contributed by atoms with E-state index in [4.69, 9.17) is 10.8 Å². The zero-order chi connectivity index (χ0) is 13.9. The molecule has 8 heteroatoms. The fourth-order valence-corrected chi connectivity index (χ4v) is 1.55. The Morgan fingerprint density at radius 3 is 2.72 bits per heavy atom. The minimum atomic E-state index is -2.17. The number of rotatable bonds is 4. The first kappa shape index (κ1) is 14.4. The third-order valence-corrected chi connectivity index (χ3v) is 2.76. The predicted molar refractivity (Wildman–Crippen MR) is 67.3 cm³/mol. The van der Waals surface area contributed by atoms with E-state index in [0.29, 0.717) is 0 Å². The summed E-state index contributed by atoms with van der Waals surface area (Å²) in [6, 6.07) is -0.925. The lowest BCUT2D eigenvalue weighted by molar-refractivity contribution is -0.141. The Bertz CT molecular complexity index is 458. The number of Topliss-reactive ketones (excluding diaryl/α,β-unsaturated/α-hetero) is 1. The summed E-state index contributed by atoms with van der Waals surface area (Å²) in [7, 11) is 0. The van der Waals surface area contributed by atoms with Gasteiger partial charge in [0.05, 0.1) is 6.04 Å². The average Bonchev–Trinajstić information content (AvgIpc) is 2.28. The molecule has 0 aromatic carbocycles. The van der Waals surface area contributed by atoms with Crippen LogP contribution in [0.4, 0.5) is 0 Å². The second kappa shape index (κ2) is 5.32. The van der Waals surface area contributed by atoms with Crippen LogP contribution in [0.15, 0.2) is 17.3 Å². The first-order valence-corrected chi connectivity index (χ1v) is 5.53. The van der Waals surface area contributed by atoms with Gasteiger partial charge in [0.2, 0.25) is 10.8 Å². The van der Waals surface area contributed by atoms with E-state index in [1.165, 1.54) is 19.2 Å². The molecule has 0 fully saturated rings. The molecule has 1 rings (SSSR count). The standard InChI is InChI=1S/C10H13N3O4S/c1-5(11)8(15)13-10(18,9(16)17)7-6(14)3-2-4-12-7/h2,4-5,18H,3,11H2,1H3,(H,13,15)(H,16,17). The highest BCUT2D eigenvalue weighted by Gasteiger charge is 2.45. The van der Waals surface area contributed by atoms with E-state index in [1.807, 2.05) is 0 Å². The first-order valence-electron chi connectivity index (χ1n) is 5.09. The number of carbonyl (C=O) groups excluding carboxylic acids is 2. The Balaban J connectivity index is 3.11. The number of carboxylic acid groups (broad SMARTS) is 1. The largest absolute Gasteiger partial charge is 0.479 e. The van der Waals surface area contributed by atoms with E-state index < -0.39 is 28.6 Å². The van der Waals surface area contributed by atoms with E-state index in [-0.39, 0.29) is 12.1 Å². The maximum absolute atomic E-state index is 11.6. The summed E-state index contributed by atoms with van der Waals surface area (Å²) in [4.78, 5) is 35.9. The maximum atomic E-state index is 11.6. The van der Waals surface area contributed by atoms with Gasteiger partial charge < -0.3 is 16.2 Å². The van der Waals surface area contributed by atoms with Gasteiger partial charge in [-0.3, -0.25) is 14.6 Å². The third kappa shape index (κ3) is 2.77. The lowest BCUT2D eigenvalue weighted by Crippen LogP contribution is -2.60. The number of allylic oxidation sites excluding steroid dienone is 1. The van der Waals surface area contributed by atoms with E-state index in [0.717, 1.165) is 0 Å². The molecule has 7 nitrogen and oxygen atoms in total. The lowest BCUT2D eigenvalue weighted by Gasteiger charge is -2.27. The van der Waals surface area contributed by atoms with E-state index in [9.17, 15) is 14.4 Å². The minimum absolute atomic E-state index is 0.0163. The van der Waals surface area contributed by atoms with Crippen LogP contribution in [0.2, 0.25) is 0 Å². The van der Waals surface area contributed by atoms with Crippen LogP contribution in [0.3, 0.4) is 0 Å². The predicted octanol–water partition coefficient (Wildman–Crippen LogP) is -0.912. The molecule has 2 unspecified atom stereocenters. The molecule has 0 radical (unpaired) electrons. The van der Waals surface area contributed by atoms with Gasteiger partial charge in [-0.15, -0.1) is 12.6 Å². The molecular weight excluding hydrogens is 258 g/mol. The van der Waals surface area contributed by atoms with E-state index >= 15 is 0 Å². The van der Waals surface area contributed by atoms with Crippen LogP contribution in [0.25, 0.3) is 0 Å². The van der Waals surface area contributed by atoms with Crippen molar-refractivity contribution in [2.45, 2.75) is 24.3 Å². The van der Waals surface area contributed by atoms with Gasteiger partial charge in [-0.2, -0.15) is 0 Å². The summed E-state index contributed by atoms with van der Waals surface area (Å²) >= 11 is 3.88. The number of hydrogen-bond acceptors (Lipinski definition) is 6. The van der Waals surface area contributed by atoms with Crippen LogP contribution in [0, 0.1) is 0 Å². The molecule has 1 aliphatic heterocycles. The van der Waals surface area contributed by atoms with Gasteiger partial charge in [0.25, 0.3) is 0 Å². The van der Waals surface area contributed by atoms with Crippen LogP contribution in [-0.4, -0.2) is 39.4 Å². The van der Waals surface area contributed by atoms with Crippen LogP contribution < -0.4 is 11.1 Å². The molecule has 4 N–H and O–H groups in total. The normalized spacial score (nSPS) is 19.7. The average molecular weight is 271 g/mol. The number of carboxylic acids is 1.